The summed E-state index contributed by atoms with van der Waals surface area (Å²) < 4.78 is 0. The van der Waals surface area contributed by atoms with Gasteiger partial charge in [0.05, 0.1) is 29.0 Å². The highest BCUT2D eigenvalue weighted by Crippen LogP contribution is 2.27. The fourth-order valence-corrected chi connectivity index (χ4v) is 3.50. The van der Waals surface area contributed by atoms with Gasteiger partial charge in [-0.05, 0) is 48.7 Å². The molecule has 4 nitrogen and oxygen atoms in total. The zero-order valence-electron chi connectivity index (χ0n) is 14.3. The molecular weight excluding hydrogens is 342 g/mol. The average molecular weight is 359 g/mol. The van der Waals surface area contributed by atoms with Gasteiger partial charge in [0.1, 0.15) is 0 Å². The van der Waals surface area contributed by atoms with Gasteiger partial charge in [-0.15, -0.1) is 0 Å². The number of amides is 1. The first-order valence-corrected chi connectivity index (χ1v) is 9.27. The lowest BCUT2D eigenvalue weighted by Gasteiger charge is -2.10. The maximum absolute atomic E-state index is 12.9. The molecular formula is C21H17N3OS. The van der Waals surface area contributed by atoms with Crippen molar-refractivity contribution in [2.24, 2.45) is 0 Å². The van der Waals surface area contributed by atoms with E-state index in [4.69, 9.17) is 4.98 Å². The number of thiophene rings is 1. The molecule has 0 radical (unpaired) electrons. The Balaban J connectivity index is 1.74. The number of carbonyl (C=O) groups excluding carboxylic acids is 1. The molecule has 1 N–H and O–H groups in total. The molecule has 1 aromatic carbocycles. The molecule has 5 heteroatoms. The second kappa shape index (κ2) is 7.06. The molecule has 0 spiro atoms. The molecule has 0 aliphatic carbocycles. The number of carbonyl (C=O) groups is 1. The predicted molar refractivity (Wildman–Crippen MR) is 105 cm³/mol. The topological polar surface area (TPSA) is 54.9 Å². The van der Waals surface area contributed by atoms with E-state index in [0.29, 0.717) is 12.1 Å². The highest BCUT2D eigenvalue weighted by Gasteiger charge is 2.14. The summed E-state index contributed by atoms with van der Waals surface area (Å²) in [7, 11) is 0. The van der Waals surface area contributed by atoms with E-state index in [9.17, 15) is 4.79 Å². The van der Waals surface area contributed by atoms with Gasteiger partial charge in [0.2, 0.25) is 0 Å². The Morgan fingerprint density at radius 1 is 1.15 bits per heavy atom. The number of fused-ring (bicyclic) bond motifs is 1. The van der Waals surface area contributed by atoms with Crippen LogP contribution in [0.3, 0.4) is 0 Å². The summed E-state index contributed by atoms with van der Waals surface area (Å²) in [6.07, 6.45) is 1.72. The highest BCUT2D eigenvalue weighted by molar-refractivity contribution is 7.08. The smallest absolute Gasteiger partial charge is 0.252 e. The lowest BCUT2D eigenvalue weighted by Crippen LogP contribution is -2.23. The van der Waals surface area contributed by atoms with Crippen LogP contribution < -0.4 is 5.32 Å². The number of nitrogens with zero attached hydrogens (tertiary/aromatic N) is 2. The molecule has 0 bridgehead atoms. The molecule has 0 saturated heterocycles. The number of aryl methyl sites for hydroxylation is 1. The quantitative estimate of drug-likeness (QED) is 0.579. The third-order valence-corrected chi connectivity index (χ3v) is 4.87. The second-order valence-electron chi connectivity index (χ2n) is 6.09. The monoisotopic (exact) mass is 359 g/mol. The SMILES string of the molecule is Cc1ccc2nc(-c3ccsc3)cc(C(=O)NCc3ccccn3)c2c1. The van der Waals surface area contributed by atoms with Crippen LogP contribution in [0.25, 0.3) is 22.2 Å². The van der Waals surface area contributed by atoms with E-state index in [-0.39, 0.29) is 5.91 Å². The van der Waals surface area contributed by atoms with Gasteiger partial charge in [-0.25, -0.2) is 4.98 Å². The summed E-state index contributed by atoms with van der Waals surface area (Å²) in [5.41, 5.74) is 5.22. The number of aromatic nitrogens is 2. The number of benzene rings is 1. The van der Waals surface area contributed by atoms with Crippen molar-refractivity contribution in [3.8, 4) is 11.3 Å². The summed E-state index contributed by atoms with van der Waals surface area (Å²) in [6, 6.07) is 15.5. The van der Waals surface area contributed by atoms with E-state index in [2.05, 4.69) is 10.3 Å². The summed E-state index contributed by atoms with van der Waals surface area (Å²) in [6.45, 7) is 2.41. The average Bonchev–Trinajstić information content (AvgIpc) is 3.21. The molecule has 26 heavy (non-hydrogen) atoms. The summed E-state index contributed by atoms with van der Waals surface area (Å²) >= 11 is 1.62. The minimum absolute atomic E-state index is 0.120. The molecule has 1 amide bonds. The van der Waals surface area contributed by atoms with E-state index in [1.807, 2.05) is 66.2 Å². The van der Waals surface area contributed by atoms with E-state index in [1.165, 1.54) is 0 Å². The molecule has 0 aliphatic heterocycles. The number of hydrogen-bond donors (Lipinski definition) is 1. The Labute approximate surface area is 155 Å². The fraction of sp³-hybridized carbons (Fsp3) is 0.0952. The van der Waals surface area contributed by atoms with Gasteiger partial charge in [0.25, 0.3) is 5.91 Å². The molecule has 128 valence electrons. The Morgan fingerprint density at radius 3 is 2.85 bits per heavy atom. The summed E-state index contributed by atoms with van der Waals surface area (Å²) in [5, 5.41) is 7.89. The molecule has 3 aromatic heterocycles. The van der Waals surface area contributed by atoms with Crippen LogP contribution in [0.4, 0.5) is 0 Å². The Kier molecular flexibility index (Phi) is 4.46. The molecule has 0 saturated carbocycles. The zero-order valence-corrected chi connectivity index (χ0v) is 15.1. The van der Waals surface area contributed by atoms with Crippen LogP contribution >= 0.6 is 11.3 Å². The number of pyridine rings is 2. The maximum Gasteiger partial charge on any atom is 0.252 e. The third-order valence-electron chi connectivity index (χ3n) is 4.18. The van der Waals surface area contributed by atoms with Crippen molar-refractivity contribution in [1.29, 1.82) is 0 Å². The highest BCUT2D eigenvalue weighted by atomic mass is 32.1. The largest absolute Gasteiger partial charge is 0.346 e. The van der Waals surface area contributed by atoms with Gasteiger partial charge in [-0.2, -0.15) is 11.3 Å². The van der Waals surface area contributed by atoms with Crippen LogP contribution in [0.2, 0.25) is 0 Å². The normalized spacial score (nSPS) is 10.8. The Hall–Kier alpha value is -3.05. The minimum Gasteiger partial charge on any atom is -0.346 e. The van der Waals surface area contributed by atoms with Crippen molar-refractivity contribution in [2.75, 3.05) is 0 Å². The number of hydrogen-bond acceptors (Lipinski definition) is 4. The Morgan fingerprint density at radius 2 is 2.08 bits per heavy atom. The zero-order chi connectivity index (χ0) is 17.9. The molecule has 0 unspecified atom stereocenters. The van der Waals surface area contributed by atoms with Crippen LogP contribution in [0.15, 0.2) is 65.5 Å². The van der Waals surface area contributed by atoms with Crippen molar-refractivity contribution in [3.63, 3.8) is 0 Å². The number of nitrogens with one attached hydrogen (secondary N) is 1. The van der Waals surface area contributed by atoms with Crippen molar-refractivity contribution in [1.82, 2.24) is 15.3 Å². The summed E-state index contributed by atoms with van der Waals surface area (Å²) in [5.74, 6) is -0.120. The van der Waals surface area contributed by atoms with Crippen molar-refractivity contribution in [2.45, 2.75) is 13.5 Å². The fourth-order valence-electron chi connectivity index (χ4n) is 2.85. The number of rotatable bonds is 4. The van der Waals surface area contributed by atoms with Gasteiger partial charge in [-0.3, -0.25) is 9.78 Å². The molecule has 0 atom stereocenters. The van der Waals surface area contributed by atoms with Crippen molar-refractivity contribution in [3.05, 3.63) is 82.3 Å². The lowest BCUT2D eigenvalue weighted by molar-refractivity contribution is 0.0952. The van der Waals surface area contributed by atoms with E-state index < -0.39 is 0 Å². The molecule has 0 aliphatic rings. The van der Waals surface area contributed by atoms with Crippen LogP contribution in [-0.2, 0) is 6.54 Å². The predicted octanol–water partition coefficient (Wildman–Crippen LogP) is 4.60. The van der Waals surface area contributed by atoms with E-state index >= 15 is 0 Å². The van der Waals surface area contributed by atoms with Gasteiger partial charge in [0.15, 0.2) is 0 Å². The first-order chi connectivity index (χ1) is 12.7. The first-order valence-electron chi connectivity index (χ1n) is 8.33. The van der Waals surface area contributed by atoms with E-state index in [0.717, 1.165) is 33.4 Å². The van der Waals surface area contributed by atoms with Crippen LogP contribution in [0.1, 0.15) is 21.6 Å². The third kappa shape index (κ3) is 3.34. The molecule has 4 rings (SSSR count). The lowest BCUT2D eigenvalue weighted by atomic mass is 10.0. The summed E-state index contributed by atoms with van der Waals surface area (Å²) in [4.78, 5) is 21.9. The van der Waals surface area contributed by atoms with Gasteiger partial charge in [-0.1, -0.05) is 17.7 Å². The first kappa shape index (κ1) is 16.4. The minimum atomic E-state index is -0.120. The van der Waals surface area contributed by atoms with Gasteiger partial charge >= 0.3 is 0 Å². The van der Waals surface area contributed by atoms with E-state index in [1.54, 1.807) is 17.5 Å². The molecule has 0 fully saturated rings. The van der Waals surface area contributed by atoms with Crippen LogP contribution in [0.5, 0.6) is 0 Å². The van der Waals surface area contributed by atoms with Gasteiger partial charge in [0, 0.05) is 22.5 Å². The van der Waals surface area contributed by atoms with Crippen molar-refractivity contribution < 1.29 is 4.79 Å². The molecule has 3 heterocycles. The van der Waals surface area contributed by atoms with Gasteiger partial charge < -0.3 is 5.32 Å². The Bertz CT molecular complexity index is 1060. The van der Waals surface area contributed by atoms with Crippen LogP contribution in [-0.4, -0.2) is 15.9 Å². The standard InChI is InChI=1S/C21H17N3OS/c1-14-5-6-19-17(10-14)18(11-20(24-19)15-7-9-26-13-15)21(25)23-12-16-4-2-3-8-22-16/h2-11,13H,12H2,1H3,(H,23,25). The maximum atomic E-state index is 12.9. The molecule has 4 aromatic rings. The second-order valence-corrected chi connectivity index (χ2v) is 6.87. The van der Waals surface area contributed by atoms with Crippen LogP contribution in [0, 0.1) is 6.92 Å². The van der Waals surface area contributed by atoms with Crippen molar-refractivity contribution >= 4 is 28.1 Å².